The first kappa shape index (κ1) is 32.1. The van der Waals surface area contributed by atoms with Crippen LogP contribution in [0.2, 0.25) is 0 Å². The van der Waals surface area contributed by atoms with Gasteiger partial charge in [0.2, 0.25) is 0 Å². The van der Waals surface area contributed by atoms with Crippen LogP contribution < -0.4 is 4.90 Å². The average molecular weight is 658 g/mol. The van der Waals surface area contributed by atoms with Crippen LogP contribution in [0.25, 0.3) is 5.76 Å². The van der Waals surface area contributed by atoms with Crippen molar-refractivity contribution in [2.45, 2.75) is 25.8 Å². The molecule has 7 nitrogen and oxygen atoms in total. The molecule has 5 aromatic carbocycles. The van der Waals surface area contributed by atoms with Crippen LogP contribution in [0.5, 0.6) is 0 Å². The zero-order valence-electron chi connectivity index (χ0n) is 27.4. The Bertz CT molecular complexity index is 2270. The predicted molar refractivity (Wildman–Crippen MR) is 190 cm³/mol. The summed E-state index contributed by atoms with van der Waals surface area (Å²) in [5, 5.41) is 0. The zero-order valence-corrected chi connectivity index (χ0v) is 27.4. The van der Waals surface area contributed by atoms with Gasteiger partial charge in [-0.25, -0.2) is 0 Å². The van der Waals surface area contributed by atoms with Crippen LogP contribution in [0.15, 0.2) is 151 Å². The number of hydrogen-bond donors (Lipinski definition) is 0. The highest BCUT2D eigenvalue weighted by molar-refractivity contribution is 6.34. The summed E-state index contributed by atoms with van der Waals surface area (Å²) >= 11 is 0. The summed E-state index contributed by atoms with van der Waals surface area (Å²) in [7, 11) is 0. The van der Waals surface area contributed by atoms with Crippen LogP contribution in [0, 0.1) is 6.92 Å². The number of rotatable bonds is 8. The second kappa shape index (κ2) is 12.9. The molecule has 1 amide bonds. The highest BCUT2D eigenvalue weighted by Crippen LogP contribution is 2.56. The van der Waals surface area contributed by atoms with Gasteiger partial charge in [-0.2, -0.15) is 0 Å². The molecule has 0 fully saturated rings. The Kier molecular flexibility index (Phi) is 8.25. The monoisotopic (exact) mass is 657 g/mol. The van der Waals surface area contributed by atoms with Gasteiger partial charge in [-0.1, -0.05) is 133 Å². The van der Waals surface area contributed by atoms with Gasteiger partial charge in [0, 0.05) is 51.6 Å². The number of benzene rings is 5. The third-order valence-corrected chi connectivity index (χ3v) is 9.11. The van der Waals surface area contributed by atoms with Crippen molar-refractivity contribution in [2.75, 3.05) is 4.90 Å². The number of para-hydroxylation sites is 1. The summed E-state index contributed by atoms with van der Waals surface area (Å²) in [4.78, 5) is 73.9. The Morgan fingerprint density at radius 3 is 1.94 bits per heavy atom. The number of esters is 1. The van der Waals surface area contributed by atoms with E-state index in [9.17, 15) is 14.4 Å². The third-order valence-electron chi connectivity index (χ3n) is 9.11. The van der Waals surface area contributed by atoms with E-state index in [0.717, 1.165) is 17.2 Å². The summed E-state index contributed by atoms with van der Waals surface area (Å²) in [5.74, 6) is -3.24. The number of Topliss-reactive ketones (excluding diaryl/α,β-unsaturated/α-hetero) is 2. The van der Waals surface area contributed by atoms with Crippen LogP contribution in [-0.4, -0.2) is 29.2 Å². The topological polar surface area (TPSA) is 97.8 Å². The Balaban J connectivity index is 1.59. The molecule has 0 N–H and O–H groups in total. The molecule has 0 unspecified atom stereocenters. The fourth-order valence-electron chi connectivity index (χ4n) is 6.83. The van der Waals surface area contributed by atoms with Gasteiger partial charge in [-0.05, 0) is 24.6 Å². The number of allylic oxidation sites excluding steroid dienone is 2. The minimum atomic E-state index is -2.19. The fraction of sp³-hybridized carbons (Fsp3) is 0.0930. The van der Waals surface area contributed by atoms with E-state index in [2.05, 4.69) is 0 Å². The minimum Gasteiger partial charge on any atom is -0.426 e. The number of fused-ring (bicyclic) bond motifs is 3. The Hall–Kier alpha value is -6.47. The lowest BCUT2D eigenvalue weighted by Crippen LogP contribution is -2.51. The second-order valence-corrected chi connectivity index (χ2v) is 12.3. The van der Waals surface area contributed by atoms with E-state index in [-0.39, 0.29) is 45.7 Å². The highest BCUT2D eigenvalue weighted by atomic mass is 16.5. The van der Waals surface area contributed by atoms with Gasteiger partial charge in [0.1, 0.15) is 5.76 Å². The van der Waals surface area contributed by atoms with E-state index in [1.54, 1.807) is 109 Å². The van der Waals surface area contributed by atoms with E-state index in [0.29, 0.717) is 11.3 Å². The number of carbonyl (C=O) groups excluding carboxylic acids is 5. The van der Waals surface area contributed by atoms with Crippen molar-refractivity contribution in [3.63, 3.8) is 0 Å². The summed E-state index contributed by atoms with van der Waals surface area (Å²) in [6, 6.07) is 37.9. The Morgan fingerprint density at radius 1 is 0.700 bits per heavy atom. The van der Waals surface area contributed by atoms with Crippen molar-refractivity contribution in [3.8, 4) is 0 Å². The largest absolute Gasteiger partial charge is 0.426 e. The lowest BCUT2D eigenvalue weighted by Gasteiger charge is -2.37. The van der Waals surface area contributed by atoms with Crippen molar-refractivity contribution < 1.29 is 28.7 Å². The van der Waals surface area contributed by atoms with Crippen LogP contribution in [0.4, 0.5) is 5.69 Å². The zero-order chi connectivity index (χ0) is 35.0. The van der Waals surface area contributed by atoms with E-state index in [4.69, 9.17) is 4.74 Å². The maximum Gasteiger partial charge on any atom is 0.308 e. The first-order valence-electron chi connectivity index (χ1n) is 16.2. The van der Waals surface area contributed by atoms with Crippen LogP contribution in [-0.2, 0) is 26.3 Å². The summed E-state index contributed by atoms with van der Waals surface area (Å²) in [6.45, 7) is 3.30. The number of nitrogens with zero attached hydrogens (tertiary/aromatic N) is 1. The molecule has 1 spiro atoms. The second-order valence-electron chi connectivity index (χ2n) is 12.3. The van der Waals surface area contributed by atoms with Gasteiger partial charge in [0.25, 0.3) is 5.91 Å². The molecule has 7 heteroatoms. The summed E-state index contributed by atoms with van der Waals surface area (Å²) < 4.78 is 5.96. The molecule has 1 aliphatic heterocycles. The predicted octanol–water partition coefficient (Wildman–Crippen LogP) is 7.64. The molecular formula is C43H31NO6. The molecule has 0 aromatic heterocycles. The number of aryl methyl sites for hydroxylation is 1. The Labute approximate surface area is 289 Å². The Morgan fingerprint density at radius 2 is 1.28 bits per heavy atom. The molecule has 1 heterocycles. The van der Waals surface area contributed by atoms with Crippen LogP contribution in [0.1, 0.15) is 60.3 Å². The first-order valence-corrected chi connectivity index (χ1v) is 16.2. The normalized spacial score (nSPS) is 16.7. The molecule has 5 aromatic rings. The average Bonchev–Trinajstić information content (AvgIpc) is 3.38. The fourth-order valence-corrected chi connectivity index (χ4v) is 6.83. The van der Waals surface area contributed by atoms with Crippen molar-refractivity contribution >= 4 is 40.7 Å². The maximum absolute atomic E-state index is 15.4. The smallest absolute Gasteiger partial charge is 0.308 e. The number of ether oxygens (including phenoxy) is 1. The van der Waals surface area contributed by atoms with Gasteiger partial charge in [0.15, 0.2) is 22.8 Å². The standard InChI is InChI=1S/C43H31NO6/c1-27-21-23-29(24-22-27)26-44-36-20-12-11-19-35(36)43(42(44)49)38(40(50-28(2)45)32-17-9-10-18-33(32)41(43)48)34(39(47)31-15-7-4-8-16-31)25-37(46)30-13-5-3-6-14-30/h3-25H,26H2,1-2H3/b34-25-/t43-/m1/s1. The molecule has 50 heavy (non-hydrogen) atoms. The van der Waals surface area contributed by atoms with Gasteiger partial charge in [-0.3, -0.25) is 24.0 Å². The van der Waals surface area contributed by atoms with Crippen molar-refractivity contribution in [2.24, 2.45) is 0 Å². The van der Waals surface area contributed by atoms with Gasteiger partial charge >= 0.3 is 5.97 Å². The molecular weight excluding hydrogens is 626 g/mol. The molecule has 0 saturated carbocycles. The van der Waals surface area contributed by atoms with Crippen LogP contribution in [0.3, 0.4) is 0 Å². The van der Waals surface area contributed by atoms with E-state index in [1.165, 1.54) is 11.8 Å². The molecule has 0 saturated heterocycles. The van der Waals surface area contributed by atoms with E-state index < -0.39 is 34.6 Å². The lowest BCUT2D eigenvalue weighted by molar-refractivity contribution is -0.134. The minimum absolute atomic E-state index is 0.123. The first-order chi connectivity index (χ1) is 24.2. The molecule has 2 aliphatic rings. The molecule has 1 atom stereocenters. The van der Waals surface area contributed by atoms with Gasteiger partial charge < -0.3 is 9.64 Å². The SMILES string of the molecule is CC(=O)OC1=C(/C(=C/C(=O)c2ccccc2)C(=O)c2ccccc2)[C@]2(C(=O)c3ccccc31)C(=O)N(Cc1ccc(C)cc1)c1ccccc12. The number of amides is 1. The molecule has 0 bridgehead atoms. The number of hydrogen-bond acceptors (Lipinski definition) is 6. The van der Waals surface area contributed by atoms with Gasteiger partial charge in [-0.15, -0.1) is 0 Å². The van der Waals surface area contributed by atoms with Crippen molar-refractivity contribution in [3.05, 3.63) is 190 Å². The van der Waals surface area contributed by atoms with Crippen molar-refractivity contribution in [1.82, 2.24) is 0 Å². The maximum atomic E-state index is 15.4. The van der Waals surface area contributed by atoms with Gasteiger partial charge in [0.05, 0.1) is 6.54 Å². The quantitative estimate of drug-likeness (QED) is 0.0736. The van der Waals surface area contributed by atoms with E-state index in [1.807, 2.05) is 31.2 Å². The molecule has 7 rings (SSSR count). The number of ketones is 3. The lowest BCUT2D eigenvalue weighted by atomic mass is 9.62. The molecule has 1 aliphatic carbocycles. The molecule has 244 valence electrons. The third kappa shape index (κ3) is 5.29. The number of anilines is 1. The van der Waals surface area contributed by atoms with Crippen molar-refractivity contribution in [1.29, 1.82) is 0 Å². The summed E-state index contributed by atoms with van der Waals surface area (Å²) in [5.41, 5.74) is 0.953. The summed E-state index contributed by atoms with van der Waals surface area (Å²) in [6.07, 6.45) is 1.16. The molecule has 0 radical (unpaired) electrons. The van der Waals surface area contributed by atoms with E-state index >= 15 is 9.59 Å². The van der Waals surface area contributed by atoms with Crippen LogP contribution >= 0.6 is 0 Å². The highest BCUT2D eigenvalue weighted by Gasteiger charge is 2.63. The number of carbonyl (C=O) groups is 5.